The van der Waals surface area contributed by atoms with Crippen LogP contribution in [0, 0.1) is 28.1 Å². The third-order valence-electron chi connectivity index (χ3n) is 6.96. The SMILES string of the molecule is CC(C)C12CC(C(=O)N3C[C@@H]4C[C@H]3c3cncc(C#N)c3O4)(C1)C2. The van der Waals surface area contributed by atoms with Gasteiger partial charge in [-0.1, -0.05) is 13.8 Å². The van der Waals surface area contributed by atoms with E-state index in [1.54, 1.807) is 12.4 Å². The average Bonchev–Trinajstić information content (AvgIpc) is 2.81. The maximum absolute atomic E-state index is 13.2. The maximum Gasteiger partial charge on any atom is 0.229 e. The van der Waals surface area contributed by atoms with Crippen LogP contribution in [0.1, 0.15) is 56.7 Å². The first kappa shape index (κ1) is 14.3. The summed E-state index contributed by atoms with van der Waals surface area (Å²) in [4.78, 5) is 19.4. The highest BCUT2D eigenvalue weighted by Crippen LogP contribution is 2.77. The second-order valence-electron chi connectivity index (χ2n) is 8.49. The molecular weight excluding hydrogens is 302 g/mol. The lowest BCUT2D eigenvalue weighted by atomic mass is 9.32. The molecule has 0 spiro atoms. The van der Waals surface area contributed by atoms with E-state index in [4.69, 9.17) is 4.74 Å². The number of fused-ring (bicyclic) bond motifs is 4. The van der Waals surface area contributed by atoms with Gasteiger partial charge in [0.05, 0.1) is 18.0 Å². The fourth-order valence-electron chi connectivity index (χ4n) is 5.49. The maximum atomic E-state index is 13.2. The molecule has 124 valence electrons. The number of likely N-dealkylation sites (tertiary alicyclic amines) is 1. The highest BCUT2D eigenvalue weighted by Gasteiger charge is 2.73. The van der Waals surface area contributed by atoms with Crippen molar-refractivity contribution in [1.82, 2.24) is 9.88 Å². The molecular formula is C19H21N3O2. The molecule has 1 aromatic rings. The summed E-state index contributed by atoms with van der Waals surface area (Å²) in [5.74, 6) is 1.60. The molecule has 4 fully saturated rings. The lowest BCUT2D eigenvalue weighted by Gasteiger charge is -2.72. The fraction of sp³-hybridized carbons (Fsp3) is 0.632. The van der Waals surface area contributed by atoms with Crippen molar-refractivity contribution in [3.8, 4) is 11.8 Å². The van der Waals surface area contributed by atoms with Gasteiger partial charge in [0.1, 0.15) is 23.5 Å². The molecule has 5 aliphatic rings. The number of nitrogens with zero attached hydrogens (tertiary/aromatic N) is 3. The number of ether oxygens (including phenoxy) is 1. The minimum absolute atomic E-state index is 0.00681. The van der Waals surface area contributed by atoms with Crippen LogP contribution in [0.5, 0.6) is 5.75 Å². The highest BCUT2D eigenvalue weighted by molar-refractivity contribution is 5.87. The van der Waals surface area contributed by atoms with Gasteiger partial charge in [-0.05, 0) is 30.6 Å². The molecule has 0 aromatic carbocycles. The van der Waals surface area contributed by atoms with E-state index in [1.165, 1.54) is 0 Å². The van der Waals surface area contributed by atoms with E-state index in [0.29, 0.717) is 35.1 Å². The van der Waals surface area contributed by atoms with Crippen molar-refractivity contribution in [3.63, 3.8) is 0 Å². The van der Waals surface area contributed by atoms with Crippen LogP contribution in [-0.2, 0) is 4.79 Å². The Kier molecular flexibility index (Phi) is 2.56. The van der Waals surface area contributed by atoms with E-state index >= 15 is 0 Å². The van der Waals surface area contributed by atoms with Crippen molar-refractivity contribution in [2.75, 3.05) is 6.54 Å². The quantitative estimate of drug-likeness (QED) is 0.839. The Hall–Kier alpha value is -2.09. The molecule has 4 bridgehead atoms. The van der Waals surface area contributed by atoms with Crippen LogP contribution in [0.4, 0.5) is 0 Å². The van der Waals surface area contributed by atoms with E-state index in [1.807, 2.05) is 4.90 Å². The van der Waals surface area contributed by atoms with Crippen molar-refractivity contribution >= 4 is 5.91 Å². The van der Waals surface area contributed by atoms with Gasteiger partial charge in [-0.25, -0.2) is 0 Å². The minimum atomic E-state index is -0.109. The first-order chi connectivity index (χ1) is 11.5. The predicted octanol–water partition coefficient (Wildman–Crippen LogP) is 2.81. The molecule has 3 heterocycles. The zero-order valence-electron chi connectivity index (χ0n) is 14.1. The third-order valence-corrected chi connectivity index (χ3v) is 6.96. The molecule has 3 aliphatic carbocycles. The molecule has 24 heavy (non-hydrogen) atoms. The van der Waals surface area contributed by atoms with Crippen LogP contribution in [-0.4, -0.2) is 28.4 Å². The molecule has 2 aliphatic heterocycles. The summed E-state index contributed by atoms with van der Waals surface area (Å²) in [5, 5.41) is 9.27. The van der Waals surface area contributed by atoms with Gasteiger partial charge in [0.15, 0.2) is 0 Å². The molecule has 0 radical (unpaired) electrons. The van der Waals surface area contributed by atoms with Crippen molar-refractivity contribution in [1.29, 1.82) is 5.26 Å². The third kappa shape index (κ3) is 1.54. The lowest BCUT2D eigenvalue weighted by Crippen LogP contribution is -2.69. The van der Waals surface area contributed by atoms with Gasteiger partial charge in [0, 0.05) is 24.4 Å². The number of carbonyl (C=O) groups excluding carboxylic acids is 1. The summed E-state index contributed by atoms with van der Waals surface area (Å²) in [6.45, 7) is 5.19. The van der Waals surface area contributed by atoms with Gasteiger partial charge in [-0.3, -0.25) is 9.78 Å². The zero-order valence-corrected chi connectivity index (χ0v) is 14.1. The van der Waals surface area contributed by atoms with Crippen LogP contribution < -0.4 is 4.74 Å². The number of pyridine rings is 1. The normalized spacial score (nSPS) is 37.8. The molecule has 1 amide bonds. The number of aromatic nitrogens is 1. The Morgan fingerprint density at radius 1 is 1.42 bits per heavy atom. The van der Waals surface area contributed by atoms with Crippen LogP contribution in [0.15, 0.2) is 12.4 Å². The summed E-state index contributed by atoms with van der Waals surface area (Å²) in [5.41, 5.74) is 1.69. The summed E-state index contributed by atoms with van der Waals surface area (Å²) in [6.07, 6.45) is 7.29. The molecule has 0 N–H and O–H groups in total. The van der Waals surface area contributed by atoms with Gasteiger partial charge in [0.2, 0.25) is 5.91 Å². The van der Waals surface area contributed by atoms with Gasteiger partial charge >= 0.3 is 0 Å². The van der Waals surface area contributed by atoms with E-state index in [9.17, 15) is 10.1 Å². The van der Waals surface area contributed by atoms with E-state index in [0.717, 1.165) is 31.2 Å². The van der Waals surface area contributed by atoms with Gasteiger partial charge in [-0.2, -0.15) is 5.26 Å². The smallest absolute Gasteiger partial charge is 0.229 e. The van der Waals surface area contributed by atoms with Crippen LogP contribution >= 0.6 is 0 Å². The second-order valence-corrected chi connectivity index (χ2v) is 8.49. The second kappa shape index (κ2) is 4.30. The molecule has 0 unspecified atom stereocenters. The van der Waals surface area contributed by atoms with E-state index in [2.05, 4.69) is 24.9 Å². The zero-order chi connectivity index (χ0) is 16.7. The van der Waals surface area contributed by atoms with Crippen molar-refractivity contribution in [3.05, 3.63) is 23.5 Å². The van der Waals surface area contributed by atoms with Gasteiger partial charge in [-0.15, -0.1) is 0 Å². The summed E-state index contributed by atoms with van der Waals surface area (Å²) in [6, 6.07) is 2.18. The number of amides is 1. The Balaban J connectivity index is 1.44. The summed E-state index contributed by atoms with van der Waals surface area (Å²) >= 11 is 0. The Labute approximate surface area is 141 Å². The largest absolute Gasteiger partial charge is 0.487 e. The minimum Gasteiger partial charge on any atom is -0.487 e. The first-order valence-corrected chi connectivity index (χ1v) is 8.84. The number of hydrogen-bond donors (Lipinski definition) is 0. The Bertz CT molecular complexity index is 775. The van der Waals surface area contributed by atoms with Crippen LogP contribution in [0.25, 0.3) is 0 Å². The summed E-state index contributed by atoms with van der Waals surface area (Å²) in [7, 11) is 0. The molecule has 5 nitrogen and oxygen atoms in total. The summed E-state index contributed by atoms with van der Waals surface area (Å²) < 4.78 is 6.00. The molecule has 3 saturated carbocycles. The molecule has 1 saturated heterocycles. The number of hydrogen-bond acceptors (Lipinski definition) is 4. The average molecular weight is 323 g/mol. The molecule has 1 aromatic heterocycles. The molecule has 2 atom stereocenters. The lowest BCUT2D eigenvalue weighted by molar-refractivity contribution is -0.233. The Morgan fingerprint density at radius 2 is 2.17 bits per heavy atom. The predicted molar refractivity (Wildman–Crippen MR) is 86.0 cm³/mol. The van der Waals surface area contributed by atoms with Crippen LogP contribution in [0.2, 0.25) is 0 Å². The van der Waals surface area contributed by atoms with Crippen molar-refractivity contribution in [2.24, 2.45) is 16.7 Å². The van der Waals surface area contributed by atoms with Crippen molar-refractivity contribution < 1.29 is 9.53 Å². The molecule has 6 rings (SSSR count). The van der Waals surface area contributed by atoms with Crippen LogP contribution in [0.3, 0.4) is 0 Å². The standard InChI is InChI=1S/C19H21N3O2/c1-11(2)18-8-19(9-18,10-18)17(23)22-7-13-3-15(22)14-6-21-5-12(4-20)16(14)24-13/h5-6,11,13,15H,3,7-10H2,1-2H3/t13-,15-,18?,19?/m0/s1. The van der Waals surface area contributed by atoms with Gasteiger partial charge in [0.25, 0.3) is 0 Å². The highest BCUT2D eigenvalue weighted by atomic mass is 16.5. The monoisotopic (exact) mass is 323 g/mol. The topological polar surface area (TPSA) is 66.2 Å². The molecule has 5 heteroatoms. The fourth-order valence-corrected chi connectivity index (χ4v) is 5.49. The Morgan fingerprint density at radius 3 is 2.83 bits per heavy atom. The number of nitriles is 1. The first-order valence-electron chi connectivity index (χ1n) is 8.84. The van der Waals surface area contributed by atoms with Gasteiger partial charge < -0.3 is 9.64 Å². The number of carbonyl (C=O) groups is 1. The van der Waals surface area contributed by atoms with E-state index in [-0.39, 0.29) is 17.6 Å². The van der Waals surface area contributed by atoms with E-state index < -0.39 is 0 Å². The van der Waals surface area contributed by atoms with Crippen molar-refractivity contribution in [2.45, 2.75) is 51.7 Å². The number of rotatable bonds is 2.